The second-order valence-corrected chi connectivity index (χ2v) is 8.15. The highest BCUT2D eigenvalue weighted by Gasteiger charge is 2.29. The van der Waals surface area contributed by atoms with Crippen molar-refractivity contribution in [3.8, 4) is 5.75 Å². The lowest BCUT2D eigenvalue weighted by molar-refractivity contribution is -0.133. The molecule has 0 aliphatic rings. The van der Waals surface area contributed by atoms with Gasteiger partial charge in [0.2, 0.25) is 0 Å². The number of hydrogen-bond donors (Lipinski definition) is 3. The van der Waals surface area contributed by atoms with E-state index in [9.17, 15) is 9.18 Å². The minimum atomic E-state index is -1.48. The van der Waals surface area contributed by atoms with Crippen molar-refractivity contribution in [3.63, 3.8) is 0 Å². The number of rotatable bonds is 11. The van der Waals surface area contributed by atoms with Crippen molar-refractivity contribution >= 4 is 35.5 Å². The molecule has 0 aliphatic carbocycles. The van der Waals surface area contributed by atoms with Crippen molar-refractivity contribution in [2.75, 3.05) is 13.2 Å². The standard InChI is InChI=1S/C24H25F2N3O3S.ClH/c1-2-31-22(24(30)29-14-15-5-7-16(8-6-15)23(27)28)20-18(25)9-10-19(21(20)26)32-12-11-17-4-3-13-33-17;/h3-10,13,22H,2,11-12,14H2,1H3,(H3,27,28)(H,29,30);1H/t22-;/m0./s1. The van der Waals surface area contributed by atoms with Gasteiger partial charge < -0.3 is 20.5 Å². The Morgan fingerprint density at radius 1 is 1.18 bits per heavy atom. The number of benzene rings is 2. The summed E-state index contributed by atoms with van der Waals surface area (Å²) in [5.41, 5.74) is 6.23. The highest BCUT2D eigenvalue weighted by atomic mass is 35.5. The van der Waals surface area contributed by atoms with E-state index in [4.69, 9.17) is 20.6 Å². The number of hydrogen-bond acceptors (Lipinski definition) is 5. The lowest BCUT2D eigenvalue weighted by Crippen LogP contribution is -2.31. The van der Waals surface area contributed by atoms with Crippen LogP contribution in [0.1, 0.15) is 34.6 Å². The van der Waals surface area contributed by atoms with Gasteiger partial charge in [-0.2, -0.15) is 0 Å². The number of nitrogen functional groups attached to an aromatic ring is 1. The predicted octanol–water partition coefficient (Wildman–Crippen LogP) is 4.75. The van der Waals surface area contributed by atoms with Gasteiger partial charge in [0.15, 0.2) is 17.7 Å². The van der Waals surface area contributed by atoms with E-state index in [1.165, 1.54) is 6.07 Å². The average Bonchev–Trinajstić information content (AvgIpc) is 3.32. The third-order valence-corrected chi connectivity index (χ3v) is 5.78. The van der Waals surface area contributed by atoms with Gasteiger partial charge in [0.05, 0.1) is 12.2 Å². The van der Waals surface area contributed by atoms with Crippen molar-refractivity contribution < 1.29 is 23.0 Å². The summed E-state index contributed by atoms with van der Waals surface area (Å²) < 4.78 is 40.7. The lowest BCUT2D eigenvalue weighted by atomic mass is 10.1. The summed E-state index contributed by atoms with van der Waals surface area (Å²) in [6.45, 7) is 2.04. The molecule has 34 heavy (non-hydrogen) atoms. The highest BCUT2D eigenvalue weighted by molar-refractivity contribution is 7.09. The van der Waals surface area contributed by atoms with Gasteiger partial charge in [0, 0.05) is 30.0 Å². The fourth-order valence-corrected chi connectivity index (χ4v) is 3.85. The molecular weight excluding hydrogens is 484 g/mol. The van der Waals surface area contributed by atoms with E-state index in [0.717, 1.165) is 16.5 Å². The Balaban J connectivity index is 0.00000408. The van der Waals surface area contributed by atoms with Gasteiger partial charge >= 0.3 is 0 Å². The highest BCUT2D eigenvalue weighted by Crippen LogP contribution is 2.30. The largest absolute Gasteiger partial charge is 0.490 e. The monoisotopic (exact) mass is 509 g/mol. The molecule has 0 saturated heterocycles. The summed E-state index contributed by atoms with van der Waals surface area (Å²) in [4.78, 5) is 13.9. The number of halogens is 3. The number of amides is 1. The smallest absolute Gasteiger partial charge is 0.254 e. The van der Waals surface area contributed by atoms with Crippen LogP contribution in [0.3, 0.4) is 0 Å². The third kappa shape index (κ3) is 6.99. The molecule has 6 nitrogen and oxygen atoms in total. The van der Waals surface area contributed by atoms with E-state index in [0.29, 0.717) is 12.0 Å². The van der Waals surface area contributed by atoms with Gasteiger partial charge in [0.1, 0.15) is 11.7 Å². The number of carbonyl (C=O) groups excluding carboxylic acids is 1. The molecule has 4 N–H and O–H groups in total. The fraction of sp³-hybridized carbons (Fsp3) is 0.250. The van der Waals surface area contributed by atoms with Gasteiger partial charge in [-0.05, 0) is 36.1 Å². The van der Waals surface area contributed by atoms with Gasteiger partial charge in [0.25, 0.3) is 5.91 Å². The summed E-state index contributed by atoms with van der Waals surface area (Å²) >= 11 is 1.57. The summed E-state index contributed by atoms with van der Waals surface area (Å²) in [5, 5.41) is 12.0. The summed E-state index contributed by atoms with van der Waals surface area (Å²) in [6.07, 6.45) is -0.894. The second-order valence-electron chi connectivity index (χ2n) is 7.11. The number of amidine groups is 1. The van der Waals surface area contributed by atoms with Crippen LogP contribution in [-0.4, -0.2) is 25.0 Å². The molecule has 0 bridgehead atoms. The van der Waals surface area contributed by atoms with E-state index in [1.807, 2.05) is 17.5 Å². The lowest BCUT2D eigenvalue weighted by Gasteiger charge is -2.20. The first-order valence-corrected chi connectivity index (χ1v) is 11.2. The van der Waals surface area contributed by atoms with Gasteiger partial charge in [-0.1, -0.05) is 30.3 Å². The molecular formula is C24H26ClF2N3O3S. The molecule has 3 aromatic rings. The number of nitrogens with two attached hydrogens (primary N) is 1. The molecule has 1 amide bonds. The van der Waals surface area contributed by atoms with Crippen LogP contribution < -0.4 is 15.8 Å². The molecule has 182 valence electrons. The number of ether oxygens (including phenoxy) is 2. The zero-order chi connectivity index (χ0) is 23.8. The molecule has 0 fully saturated rings. The average molecular weight is 510 g/mol. The molecule has 1 atom stereocenters. The van der Waals surface area contributed by atoms with Crippen LogP contribution in [0.2, 0.25) is 0 Å². The Morgan fingerprint density at radius 2 is 1.91 bits per heavy atom. The second kappa shape index (κ2) is 13.0. The molecule has 0 saturated carbocycles. The quantitative estimate of drug-likeness (QED) is 0.257. The summed E-state index contributed by atoms with van der Waals surface area (Å²) in [5.74, 6) is -2.73. The van der Waals surface area contributed by atoms with Gasteiger partial charge in [-0.25, -0.2) is 8.78 Å². The topological polar surface area (TPSA) is 97.4 Å². The maximum atomic E-state index is 15.2. The fourth-order valence-electron chi connectivity index (χ4n) is 3.16. The van der Waals surface area contributed by atoms with Crippen molar-refractivity contribution in [1.82, 2.24) is 5.32 Å². The molecule has 1 aromatic heterocycles. The Morgan fingerprint density at radius 3 is 2.53 bits per heavy atom. The molecule has 10 heteroatoms. The van der Waals surface area contributed by atoms with Crippen LogP contribution in [0.5, 0.6) is 5.75 Å². The van der Waals surface area contributed by atoms with Crippen LogP contribution >= 0.6 is 23.7 Å². The first kappa shape index (κ1) is 27.2. The van der Waals surface area contributed by atoms with E-state index >= 15 is 4.39 Å². The van der Waals surface area contributed by atoms with Crippen LogP contribution in [0, 0.1) is 17.0 Å². The van der Waals surface area contributed by atoms with Crippen molar-refractivity contribution in [1.29, 1.82) is 5.41 Å². The molecule has 0 radical (unpaired) electrons. The van der Waals surface area contributed by atoms with Crippen molar-refractivity contribution in [2.45, 2.75) is 26.0 Å². The minimum absolute atomic E-state index is 0. The number of thiophene rings is 1. The van der Waals surface area contributed by atoms with Gasteiger partial charge in [-0.15, -0.1) is 23.7 Å². The number of nitrogens with one attached hydrogen (secondary N) is 2. The summed E-state index contributed by atoms with van der Waals surface area (Å²) in [7, 11) is 0. The van der Waals surface area contributed by atoms with Crippen LogP contribution in [-0.2, 0) is 22.5 Å². The predicted molar refractivity (Wildman–Crippen MR) is 131 cm³/mol. The maximum absolute atomic E-state index is 15.2. The Labute approximate surface area is 207 Å². The van der Waals surface area contributed by atoms with Crippen LogP contribution in [0.25, 0.3) is 0 Å². The van der Waals surface area contributed by atoms with Crippen molar-refractivity contribution in [2.24, 2.45) is 5.73 Å². The maximum Gasteiger partial charge on any atom is 0.254 e. The van der Waals surface area contributed by atoms with Crippen molar-refractivity contribution in [3.05, 3.63) is 87.1 Å². The van der Waals surface area contributed by atoms with E-state index in [-0.39, 0.29) is 43.8 Å². The molecule has 0 spiro atoms. The zero-order valence-corrected chi connectivity index (χ0v) is 20.1. The molecule has 0 unspecified atom stereocenters. The van der Waals surface area contributed by atoms with E-state index in [1.54, 1.807) is 42.5 Å². The Kier molecular flexibility index (Phi) is 10.4. The first-order valence-electron chi connectivity index (χ1n) is 10.4. The first-order chi connectivity index (χ1) is 15.9. The van der Waals surface area contributed by atoms with E-state index < -0.39 is 29.2 Å². The zero-order valence-electron chi connectivity index (χ0n) is 18.5. The van der Waals surface area contributed by atoms with Crippen LogP contribution in [0.4, 0.5) is 8.78 Å². The normalized spacial score (nSPS) is 11.4. The number of carbonyl (C=O) groups is 1. The van der Waals surface area contributed by atoms with E-state index in [2.05, 4.69) is 5.32 Å². The minimum Gasteiger partial charge on any atom is -0.490 e. The SMILES string of the molecule is CCO[C@H](C(=O)NCc1ccc(C(=N)N)cc1)c1c(F)ccc(OCCc2cccs2)c1F.Cl. The van der Waals surface area contributed by atoms with Crippen LogP contribution in [0.15, 0.2) is 53.9 Å². The third-order valence-electron chi connectivity index (χ3n) is 4.84. The molecule has 1 heterocycles. The Bertz CT molecular complexity index is 1100. The molecule has 2 aromatic carbocycles. The molecule has 3 rings (SSSR count). The molecule has 0 aliphatic heterocycles. The summed E-state index contributed by atoms with van der Waals surface area (Å²) in [6, 6.07) is 12.9. The Hall–Kier alpha value is -3.01. The van der Waals surface area contributed by atoms with Gasteiger partial charge in [-0.3, -0.25) is 10.2 Å².